The molecule has 4 N–H and O–H groups in total. The van der Waals surface area contributed by atoms with Crippen molar-refractivity contribution in [3.05, 3.63) is 70.1 Å². The smallest absolute Gasteiger partial charge is 0.261 e. The molecule has 108 valence electrons. The molecule has 0 fully saturated rings. The van der Waals surface area contributed by atoms with Crippen molar-refractivity contribution in [2.24, 2.45) is 0 Å². The van der Waals surface area contributed by atoms with Gasteiger partial charge in [-0.1, -0.05) is 42.5 Å². The Labute approximate surface area is 125 Å². The molecule has 0 spiro atoms. The zero-order valence-corrected chi connectivity index (χ0v) is 11.8. The van der Waals surface area contributed by atoms with Crippen LogP contribution < -0.4 is 11.3 Å². The fourth-order valence-electron chi connectivity index (χ4n) is 2.84. The summed E-state index contributed by atoms with van der Waals surface area (Å²) < 4.78 is 0. The van der Waals surface area contributed by atoms with Crippen LogP contribution in [0.25, 0.3) is 21.8 Å². The van der Waals surface area contributed by atoms with E-state index >= 15 is 0 Å². The Morgan fingerprint density at radius 3 is 2.73 bits per heavy atom. The first-order chi connectivity index (χ1) is 10.7. The van der Waals surface area contributed by atoms with Gasteiger partial charge in [0.1, 0.15) is 5.65 Å². The minimum atomic E-state index is -0.220. The maximum absolute atomic E-state index is 11.9. The average molecular weight is 290 g/mol. The summed E-state index contributed by atoms with van der Waals surface area (Å²) in [6, 6.07) is 16.3. The Morgan fingerprint density at radius 2 is 1.82 bits per heavy atom. The van der Waals surface area contributed by atoms with Crippen molar-refractivity contribution in [1.29, 1.82) is 0 Å². The predicted molar refractivity (Wildman–Crippen MR) is 87.9 cm³/mol. The van der Waals surface area contributed by atoms with Gasteiger partial charge in [-0.15, -0.1) is 0 Å². The monoisotopic (exact) mass is 290 g/mol. The van der Waals surface area contributed by atoms with Crippen LogP contribution in [0.5, 0.6) is 0 Å². The average Bonchev–Trinajstić information content (AvgIpc) is 2.90. The maximum Gasteiger partial charge on any atom is 0.261 e. The van der Waals surface area contributed by atoms with Crippen molar-refractivity contribution in [1.82, 2.24) is 15.0 Å². The van der Waals surface area contributed by atoms with Crippen LogP contribution in [0.3, 0.4) is 0 Å². The number of aromatic nitrogens is 3. The van der Waals surface area contributed by atoms with Crippen molar-refractivity contribution < 1.29 is 0 Å². The minimum absolute atomic E-state index is 0.121. The van der Waals surface area contributed by atoms with Crippen LogP contribution in [-0.4, -0.2) is 15.0 Å². The number of H-pyrrole nitrogens is 2. The number of fused-ring (bicyclic) bond motifs is 2. The van der Waals surface area contributed by atoms with Crippen LogP contribution in [0.4, 0.5) is 5.95 Å². The summed E-state index contributed by atoms with van der Waals surface area (Å²) in [5.41, 5.74) is 8.02. The number of hydrogen-bond acceptors (Lipinski definition) is 3. The minimum Gasteiger partial charge on any atom is -0.369 e. The molecule has 0 aliphatic carbocycles. The number of hydrogen-bond donors (Lipinski definition) is 3. The molecule has 2 heterocycles. The van der Waals surface area contributed by atoms with E-state index in [1.165, 1.54) is 16.3 Å². The summed E-state index contributed by atoms with van der Waals surface area (Å²) in [7, 11) is 0. The lowest BCUT2D eigenvalue weighted by molar-refractivity contribution is 1.11. The number of nitrogens with two attached hydrogens (primary N) is 1. The second-order valence-electron chi connectivity index (χ2n) is 5.32. The lowest BCUT2D eigenvalue weighted by Crippen LogP contribution is -2.09. The van der Waals surface area contributed by atoms with Gasteiger partial charge in [0, 0.05) is 12.1 Å². The highest BCUT2D eigenvalue weighted by molar-refractivity contribution is 5.86. The van der Waals surface area contributed by atoms with E-state index in [4.69, 9.17) is 5.73 Å². The van der Waals surface area contributed by atoms with E-state index in [9.17, 15) is 4.79 Å². The quantitative estimate of drug-likeness (QED) is 0.530. The number of nitrogen functional groups attached to an aromatic ring is 1. The Balaban J connectivity index is 1.83. The van der Waals surface area contributed by atoms with Gasteiger partial charge < -0.3 is 10.7 Å². The molecule has 0 bridgehead atoms. The van der Waals surface area contributed by atoms with Crippen molar-refractivity contribution >= 4 is 27.8 Å². The van der Waals surface area contributed by atoms with Gasteiger partial charge in [0.25, 0.3) is 5.56 Å². The Bertz CT molecular complexity index is 1040. The van der Waals surface area contributed by atoms with E-state index in [1.54, 1.807) is 0 Å². The second-order valence-corrected chi connectivity index (χ2v) is 5.32. The number of benzene rings is 2. The first-order valence-electron chi connectivity index (χ1n) is 7.05. The molecular formula is C17H14N4O. The largest absolute Gasteiger partial charge is 0.369 e. The Morgan fingerprint density at radius 1 is 1.00 bits per heavy atom. The van der Waals surface area contributed by atoms with Crippen molar-refractivity contribution in [3.8, 4) is 0 Å². The molecule has 4 aromatic rings. The molecule has 0 aliphatic rings. The zero-order chi connectivity index (χ0) is 15.1. The van der Waals surface area contributed by atoms with Gasteiger partial charge in [0.05, 0.1) is 5.39 Å². The van der Waals surface area contributed by atoms with Crippen LogP contribution >= 0.6 is 0 Å². The summed E-state index contributed by atoms with van der Waals surface area (Å²) in [5.74, 6) is 0.121. The number of anilines is 1. The van der Waals surface area contributed by atoms with Crippen LogP contribution in [0.1, 0.15) is 11.3 Å². The van der Waals surface area contributed by atoms with Crippen molar-refractivity contribution in [2.75, 3.05) is 5.73 Å². The van der Waals surface area contributed by atoms with Crippen LogP contribution in [0.2, 0.25) is 0 Å². The molecule has 0 radical (unpaired) electrons. The third-order valence-corrected chi connectivity index (χ3v) is 3.83. The first-order valence-corrected chi connectivity index (χ1v) is 7.05. The lowest BCUT2D eigenvalue weighted by atomic mass is 10.0. The molecule has 22 heavy (non-hydrogen) atoms. The van der Waals surface area contributed by atoms with E-state index in [0.29, 0.717) is 17.5 Å². The van der Waals surface area contributed by atoms with Gasteiger partial charge in [-0.25, -0.2) is 0 Å². The highest BCUT2D eigenvalue weighted by atomic mass is 16.1. The van der Waals surface area contributed by atoms with E-state index < -0.39 is 0 Å². The van der Waals surface area contributed by atoms with Gasteiger partial charge in [0.15, 0.2) is 0 Å². The van der Waals surface area contributed by atoms with E-state index in [0.717, 1.165) is 5.69 Å². The molecule has 0 aliphatic heterocycles. The standard InChI is InChI=1S/C17H14N4O/c18-17-20-15-14(16(22)21-17)9-12(19-15)8-11-6-3-5-10-4-1-2-7-13(10)11/h1-7,9H,8H2,(H4,18,19,20,21,22). The highest BCUT2D eigenvalue weighted by Gasteiger charge is 2.09. The van der Waals surface area contributed by atoms with Gasteiger partial charge in [0.2, 0.25) is 5.95 Å². The fourth-order valence-corrected chi connectivity index (χ4v) is 2.84. The van der Waals surface area contributed by atoms with Crippen LogP contribution in [-0.2, 0) is 6.42 Å². The molecule has 5 nitrogen and oxygen atoms in total. The first kappa shape index (κ1) is 12.6. The molecule has 0 saturated carbocycles. The van der Waals surface area contributed by atoms with Gasteiger partial charge in [-0.05, 0) is 22.4 Å². The molecular weight excluding hydrogens is 276 g/mol. The summed E-state index contributed by atoms with van der Waals surface area (Å²) in [6.45, 7) is 0. The van der Waals surface area contributed by atoms with E-state index in [-0.39, 0.29) is 11.5 Å². The summed E-state index contributed by atoms with van der Waals surface area (Å²) >= 11 is 0. The molecule has 4 rings (SSSR count). The number of rotatable bonds is 2. The second kappa shape index (κ2) is 4.73. The Hall–Kier alpha value is -3.08. The summed E-state index contributed by atoms with van der Waals surface area (Å²) in [6.07, 6.45) is 0.705. The topological polar surface area (TPSA) is 87.6 Å². The Kier molecular flexibility index (Phi) is 2.72. The van der Waals surface area contributed by atoms with Crippen LogP contribution in [0.15, 0.2) is 53.3 Å². The lowest BCUT2D eigenvalue weighted by Gasteiger charge is -2.05. The molecule has 5 heteroatoms. The molecule has 0 saturated heterocycles. The maximum atomic E-state index is 11.9. The molecule has 2 aromatic carbocycles. The molecule has 0 amide bonds. The van der Waals surface area contributed by atoms with Crippen LogP contribution in [0, 0.1) is 0 Å². The van der Waals surface area contributed by atoms with Crippen molar-refractivity contribution in [3.63, 3.8) is 0 Å². The van der Waals surface area contributed by atoms with Gasteiger partial charge in [-0.2, -0.15) is 4.98 Å². The zero-order valence-electron chi connectivity index (χ0n) is 11.8. The third kappa shape index (κ3) is 2.03. The number of aromatic amines is 2. The summed E-state index contributed by atoms with van der Waals surface area (Å²) in [5, 5.41) is 2.95. The fraction of sp³-hybridized carbons (Fsp3) is 0.0588. The normalized spacial score (nSPS) is 11.3. The summed E-state index contributed by atoms with van der Waals surface area (Å²) in [4.78, 5) is 21.7. The highest BCUT2D eigenvalue weighted by Crippen LogP contribution is 2.22. The molecule has 2 aromatic heterocycles. The van der Waals surface area contributed by atoms with Gasteiger partial charge >= 0.3 is 0 Å². The van der Waals surface area contributed by atoms with E-state index in [1.807, 2.05) is 24.3 Å². The van der Waals surface area contributed by atoms with E-state index in [2.05, 4.69) is 39.2 Å². The van der Waals surface area contributed by atoms with Crippen molar-refractivity contribution in [2.45, 2.75) is 6.42 Å². The SMILES string of the molecule is Nc1nc2[nH]c(Cc3cccc4ccccc34)cc2c(=O)[nH]1. The molecule has 0 unspecified atom stereocenters. The molecule has 0 atom stereocenters. The van der Waals surface area contributed by atoms with Gasteiger partial charge in [-0.3, -0.25) is 9.78 Å². The number of nitrogens with one attached hydrogen (secondary N) is 2. The number of nitrogens with zero attached hydrogens (tertiary/aromatic N) is 1. The third-order valence-electron chi connectivity index (χ3n) is 3.83. The predicted octanol–water partition coefficient (Wildman–Crippen LogP) is 2.58.